The maximum absolute atomic E-state index is 5.87. The highest BCUT2D eigenvalue weighted by Crippen LogP contribution is 2.38. The third-order valence-electron chi connectivity index (χ3n) is 4.47. The van der Waals surface area contributed by atoms with Crippen molar-refractivity contribution in [3.8, 4) is 5.75 Å². The van der Waals surface area contributed by atoms with Crippen molar-refractivity contribution in [2.45, 2.75) is 26.2 Å². The van der Waals surface area contributed by atoms with Gasteiger partial charge in [0.1, 0.15) is 17.4 Å². The van der Waals surface area contributed by atoms with Gasteiger partial charge in [-0.05, 0) is 55.0 Å². The lowest BCUT2D eigenvalue weighted by Crippen LogP contribution is -2.03. The van der Waals surface area contributed by atoms with Crippen molar-refractivity contribution in [3.63, 3.8) is 0 Å². The number of aromatic amines is 1. The molecule has 2 aromatic heterocycles. The zero-order valence-electron chi connectivity index (χ0n) is 13.2. The topological polar surface area (TPSA) is 88.8 Å². The van der Waals surface area contributed by atoms with E-state index in [0.717, 1.165) is 41.0 Å². The first-order valence-corrected chi connectivity index (χ1v) is 7.74. The molecule has 1 aliphatic rings. The lowest BCUT2D eigenvalue weighted by atomic mass is 10.1. The van der Waals surface area contributed by atoms with Crippen LogP contribution >= 0.6 is 0 Å². The fourth-order valence-corrected chi connectivity index (χ4v) is 3.26. The summed E-state index contributed by atoms with van der Waals surface area (Å²) in [5, 5.41) is 11.2. The maximum Gasteiger partial charge on any atom is 0.185 e. The molecule has 0 aliphatic heterocycles. The normalized spacial score (nSPS) is 13.3. The Balaban J connectivity index is 1.82. The van der Waals surface area contributed by atoms with E-state index in [1.54, 1.807) is 7.11 Å². The first-order valence-electron chi connectivity index (χ1n) is 7.74. The van der Waals surface area contributed by atoms with Gasteiger partial charge < -0.3 is 15.8 Å². The lowest BCUT2D eigenvalue weighted by Gasteiger charge is -2.16. The number of H-pyrrole nitrogens is 1. The molecule has 6 nitrogen and oxygen atoms in total. The van der Waals surface area contributed by atoms with Gasteiger partial charge in [0.25, 0.3) is 0 Å². The second-order valence-electron chi connectivity index (χ2n) is 5.92. The van der Waals surface area contributed by atoms with Crippen LogP contribution in [0.3, 0.4) is 0 Å². The van der Waals surface area contributed by atoms with Crippen LogP contribution in [0.2, 0.25) is 0 Å². The Labute approximate surface area is 134 Å². The largest absolute Gasteiger partial charge is 0.495 e. The van der Waals surface area contributed by atoms with Gasteiger partial charge in [-0.15, -0.1) is 0 Å². The van der Waals surface area contributed by atoms with Crippen LogP contribution in [-0.4, -0.2) is 22.3 Å². The van der Waals surface area contributed by atoms with Gasteiger partial charge in [-0.1, -0.05) is 6.07 Å². The molecule has 0 atom stereocenters. The van der Waals surface area contributed by atoms with Crippen LogP contribution in [0.1, 0.15) is 23.1 Å². The van der Waals surface area contributed by atoms with E-state index in [1.807, 2.05) is 19.1 Å². The number of aryl methyl sites for hydroxylation is 2. The van der Waals surface area contributed by atoms with Gasteiger partial charge in [-0.25, -0.2) is 4.98 Å². The van der Waals surface area contributed by atoms with Crippen molar-refractivity contribution in [2.24, 2.45) is 0 Å². The number of aromatic nitrogens is 3. The Morgan fingerprint density at radius 1 is 1.30 bits per heavy atom. The lowest BCUT2D eigenvalue weighted by molar-refractivity contribution is 0.416. The quantitative estimate of drug-likeness (QED) is 0.692. The number of rotatable bonds is 3. The molecule has 0 saturated carbocycles. The summed E-state index contributed by atoms with van der Waals surface area (Å²) in [7, 11) is 1.69. The highest BCUT2D eigenvalue weighted by atomic mass is 16.5. The number of nitrogens with two attached hydrogens (primary N) is 1. The molecule has 0 amide bonds. The van der Waals surface area contributed by atoms with Crippen LogP contribution < -0.4 is 15.8 Å². The number of hydrogen-bond donors (Lipinski definition) is 3. The summed E-state index contributed by atoms with van der Waals surface area (Å²) in [6.07, 6.45) is 3.36. The Hall–Kier alpha value is -2.76. The molecule has 4 N–H and O–H groups in total. The zero-order valence-corrected chi connectivity index (χ0v) is 13.2. The molecule has 2 heterocycles. The van der Waals surface area contributed by atoms with Crippen LogP contribution in [0, 0.1) is 6.92 Å². The number of nitrogens with one attached hydrogen (secondary N) is 2. The molecule has 0 bridgehead atoms. The number of nitrogen functional groups attached to an aromatic ring is 1. The summed E-state index contributed by atoms with van der Waals surface area (Å²) >= 11 is 0. The average molecular weight is 309 g/mol. The fraction of sp³-hybridized carbons (Fsp3) is 0.294. The van der Waals surface area contributed by atoms with E-state index in [-0.39, 0.29) is 0 Å². The number of benzene rings is 1. The van der Waals surface area contributed by atoms with Crippen molar-refractivity contribution in [2.75, 3.05) is 18.2 Å². The summed E-state index contributed by atoms with van der Waals surface area (Å²) in [5.41, 5.74) is 11.2. The summed E-state index contributed by atoms with van der Waals surface area (Å²) in [6.45, 7) is 2.01. The highest BCUT2D eigenvalue weighted by Gasteiger charge is 2.20. The van der Waals surface area contributed by atoms with Gasteiger partial charge in [-0.3, -0.25) is 5.10 Å². The Morgan fingerprint density at radius 2 is 2.17 bits per heavy atom. The molecular formula is C17H19N5O. The number of ether oxygens (including phenoxy) is 1. The van der Waals surface area contributed by atoms with Crippen molar-refractivity contribution < 1.29 is 4.74 Å². The Morgan fingerprint density at radius 3 is 3.00 bits per heavy atom. The van der Waals surface area contributed by atoms with E-state index in [9.17, 15) is 0 Å². The van der Waals surface area contributed by atoms with Crippen molar-refractivity contribution in [1.82, 2.24) is 15.2 Å². The molecule has 23 heavy (non-hydrogen) atoms. The molecule has 0 fully saturated rings. The smallest absolute Gasteiger partial charge is 0.185 e. The SMILES string of the molecule is COc1ccc2c(c1Nc1nc3n[nH]c(N)c3cc1C)CCC2. The average Bonchev–Trinajstić information content (AvgIpc) is 3.16. The first kappa shape index (κ1) is 13.9. The van der Waals surface area contributed by atoms with Crippen LogP contribution in [-0.2, 0) is 12.8 Å². The van der Waals surface area contributed by atoms with Gasteiger partial charge in [0.15, 0.2) is 5.65 Å². The summed E-state index contributed by atoms with van der Waals surface area (Å²) in [5.74, 6) is 2.16. The van der Waals surface area contributed by atoms with Gasteiger partial charge in [0.05, 0.1) is 18.2 Å². The number of nitrogens with zero attached hydrogens (tertiary/aromatic N) is 2. The predicted molar refractivity (Wildman–Crippen MR) is 91.3 cm³/mol. The van der Waals surface area contributed by atoms with Gasteiger partial charge in [-0.2, -0.15) is 5.10 Å². The second kappa shape index (κ2) is 5.15. The predicted octanol–water partition coefficient (Wildman–Crippen LogP) is 3.09. The molecule has 0 unspecified atom stereocenters. The first-order chi connectivity index (χ1) is 11.2. The molecule has 0 spiro atoms. The summed E-state index contributed by atoms with van der Waals surface area (Å²) in [6, 6.07) is 6.18. The van der Waals surface area contributed by atoms with E-state index in [0.29, 0.717) is 11.5 Å². The molecule has 0 radical (unpaired) electrons. The second-order valence-corrected chi connectivity index (χ2v) is 5.92. The van der Waals surface area contributed by atoms with E-state index in [2.05, 4.69) is 26.6 Å². The van der Waals surface area contributed by atoms with Crippen molar-refractivity contribution >= 4 is 28.4 Å². The minimum atomic E-state index is 0.542. The summed E-state index contributed by atoms with van der Waals surface area (Å²) < 4.78 is 5.54. The standard InChI is InChI=1S/C17H19N5O/c1-9-8-12-15(18)21-22-17(12)20-16(9)19-14-11-5-3-4-10(11)6-7-13(14)23-2/h6-8H,3-5H2,1-2H3,(H4,18,19,20,21,22). The Kier molecular flexibility index (Phi) is 3.11. The number of anilines is 3. The highest BCUT2D eigenvalue weighted by molar-refractivity contribution is 5.88. The van der Waals surface area contributed by atoms with Crippen LogP contribution in [0.25, 0.3) is 11.0 Å². The number of hydrogen-bond acceptors (Lipinski definition) is 5. The van der Waals surface area contributed by atoms with Crippen LogP contribution in [0.4, 0.5) is 17.3 Å². The van der Waals surface area contributed by atoms with E-state index < -0.39 is 0 Å². The number of methoxy groups -OCH3 is 1. The molecule has 0 saturated heterocycles. The number of fused-ring (bicyclic) bond motifs is 2. The van der Waals surface area contributed by atoms with E-state index in [4.69, 9.17) is 10.5 Å². The third-order valence-corrected chi connectivity index (χ3v) is 4.47. The maximum atomic E-state index is 5.87. The number of pyridine rings is 1. The molecule has 6 heteroatoms. The Bertz CT molecular complexity index is 900. The molecule has 118 valence electrons. The minimum absolute atomic E-state index is 0.542. The van der Waals surface area contributed by atoms with Crippen LogP contribution in [0.15, 0.2) is 18.2 Å². The summed E-state index contributed by atoms with van der Waals surface area (Å²) in [4.78, 5) is 4.60. The van der Waals surface area contributed by atoms with Gasteiger partial charge in [0.2, 0.25) is 0 Å². The minimum Gasteiger partial charge on any atom is -0.495 e. The molecule has 1 aromatic carbocycles. The van der Waals surface area contributed by atoms with Crippen LogP contribution in [0.5, 0.6) is 5.75 Å². The molecular weight excluding hydrogens is 290 g/mol. The fourth-order valence-electron chi connectivity index (χ4n) is 3.26. The van der Waals surface area contributed by atoms with Crippen molar-refractivity contribution in [3.05, 3.63) is 34.9 Å². The zero-order chi connectivity index (χ0) is 16.0. The molecule has 1 aliphatic carbocycles. The monoisotopic (exact) mass is 309 g/mol. The van der Waals surface area contributed by atoms with E-state index in [1.165, 1.54) is 17.5 Å². The van der Waals surface area contributed by atoms with Gasteiger partial charge in [0, 0.05) is 0 Å². The van der Waals surface area contributed by atoms with Crippen molar-refractivity contribution in [1.29, 1.82) is 0 Å². The molecule has 3 aromatic rings. The van der Waals surface area contributed by atoms with E-state index >= 15 is 0 Å². The van der Waals surface area contributed by atoms with Gasteiger partial charge >= 0.3 is 0 Å². The molecule has 4 rings (SSSR count). The third kappa shape index (κ3) is 2.18.